The van der Waals surface area contributed by atoms with E-state index in [0.717, 1.165) is 5.69 Å². The van der Waals surface area contributed by atoms with E-state index in [1.165, 1.54) is 11.2 Å². The molecule has 0 aliphatic carbocycles. The number of aromatic amines is 1. The van der Waals surface area contributed by atoms with Gasteiger partial charge in [-0.25, -0.2) is 9.78 Å². The Labute approximate surface area is 150 Å². The number of carbonyl (C=O) groups excluding carboxylic acids is 2. The lowest BCUT2D eigenvalue weighted by Crippen LogP contribution is -2.28. The summed E-state index contributed by atoms with van der Waals surface area (Å²) >= 11 is 0. The van der Waals surface area contributed by atoms with Gasteiger partial charge in [-0.3, -0.25) is 9.89 Å². The summed E-state index contributed by atoms with van der Waals surface area (Å²) in [7, 11) is 1.66. The number of para-hydroxylation sites is 1. The number of amides is 1. The molecule has 0 bridgehead atoms. The van der Waals surface area contributed by atoms with Crippen LogP contribution in [0, 0.1) is 0 Å². The Morgan fingerprint density at radius 3 is 2.35 bits per heavy atom. The van der Waals surface area contributed by atoms with Gasteiger partial charge in [0.2, 0.25) is 0 Å². The van der Waals surface area contributed by atoms with Crippen LogP contribution in [-0.4, -0.2) is 34.1 Å². The molecule has 0 spiro atoms. The van der Waals surface area contributed by atoms with Gasteiger partial charge in [0.1, 0.15) is 6.33 Å². The Kier molecular flexibility index (Phi) is 5.07. The van der Waals surface area contributed by atoms with Crippen LogP contribution in [0.4, 0.5) is 5.69 Å². The summed E-state index contributed by atoms with van der Waals surface area (Å²) in [4.78, 5) is 30.9. The largest absolute Gasteiger partial charge is 0.451 e. The molecule has 0 saturated heterocycles. The number of rotatable bonds is 5. The fraction of sp³-hybridized carbons (Fsp3) is 0.158. The summed E-state index contributed by atoms with van der Waals surface area (Å²) in [5, 5.41) is 6.39. The smallest absolute Gasteiger partial charge is 0.339 e. The van der Waals surface area contributed by atoms with E-state index < -0.39 is 12.1 Å². The van der Waals surface area contributed by atoms with E-state index in [-0.39, 0.29) is 17.0 Å². The highest BCUT2D eigenvalue weighted by molar-refractivity contribution is 6.12. The minimum atomic E-state index is -0.611. The molecule has 1 amide bonds. The van der Waals surface area contributed by atoms with Crippen molar-refractivity contribution in [3.63, 3.8) is 0 Å². The quantitative estimate of drug-likeness (QED) is 0.715. The molecule has 0 fully saturated rings. The van der Waals surface area contributed by atoms with Gasteiger partial charge in [-0.2, -0.15) is 5.10 Å². The van der Waals surface area contributed by atoms with Crippen molar-refractivity contribution in [3.8, 4) is 0 Å². The predicted molar refractivity (Wildman–Crippen MR) is 95.8 cm³/mol. The topological polar surface area (TPSA) is 88.2 Å². The molecular formula is C19H18N4O3. The molecular weight excluding hydrogens is 332 g/mol. The van der Waals surface area contributed by atoms with Gasteiger partial charge in [0, 0.05) is 12.7 Å². The minimum Gasteiger partial charge on any atom is -0.451 e. The van der Waals surface area contributed by atoms with Crippen LogP contribution in [0.5, 0.6) is 0 Å². The fourth-order valence-electron chi connectivity index (χ4n) is 2.49. The molecule has 1 unspecified atom stereocenters. The van der Waals surface area contributed by atoms with Crippen LogP contribution in [0.25, 0.3) is 0 Å². The van der Waals surface area contributed by atoms with E-state index in [4.69, 9.17) is 4.74 Å². The molecule has 0 aliphatic rings. The molecule has 0 aliphatic heterocycles. The molecule has 7 heteroatoms. The maximum absolute atomic E-state index is 12.9. The van der Waals surface area contributed by atoms with Gasteiger partial charge in [-0.1, -0.05) is 30.3 Å². The number of nitrogens with one attached hydrogen (secondary N) is 1. The molecule has 2 aromatic carbocycles. The lowest BCUT2D eigenvalue weighted by molar-refractivity contribution is 0.0318. The van der Waals surface area contributed by atoms with E-state index in [2.05, 4.69) is 15.2 Å². The van der Waals surface area contributed by atoms with E-state index in [1.807, 2.05) is 30.3 Å². The zero-order chi connectivity index (χ0) is 18.5. The van der Waals surface area contributed by atoms with Crippen LogP contribution < -0.4 is 4.90 Å². The molecule has 7 nitrogen and oxygen atoms in total. The standard InChI is InChI=1S/C19H18N4O3/c1-13(17-20-12-21-22-17)26-19(25)16-11-7-6-10-15(16)18(24)23(2)14-8-4-3-5-9-14/h3-13H,1-2H3,(H,20,21,22). The molecule has 0 radical (unpaired) electrons. The summed E-state index contributed by atoms with van der Waals surface area (Å²) in [6.45, 7) is 1.68. The SMILES string of the molecule is CC(OC(=O)c1ccccc1C(=O)N(C)c1ccccc1)c1ncn[nH]1. The lowest BCUT2D eigenvalue weighted by Gasteiger charge is -2.19. The first-order chi connectivity index (χ1) is 12.6. The molecule has 3 rings (SSSR count). The Bertz CT molecular complexity index is 894. The molecule has 1 atom stereocenters. The van der Waals surface area contributed by atoms with Crippen LogP contribution in [0.15, 0.2) is 60.9 Å². The average molecular weight is 350 g/mol. The van der Waals surface area contributed by atoms with Crippen LogP contribution in [-0.2, 0) is 4.74 Å². The van der Waals surface area contributed by atoms with Gasteiger partial charge in [-0.15, -0.1) is 0 Å². The number of esters is 1. The number of ether oxygens (including phenoxy) is 1. The number of hydrogen-bond donors (Lipinski definition) is 1. The van der Waals surface area contributed by atoms with Gasteiger partial charge in [0.15, 0.2) is 11.9 Å². The Hall–Kier alpha value is -3.48. The van der Waals surface area contributed by atoms with Crippen molar-refractivity contribution < 1.29 is 14.3 Å². The van der Waals surface area contributed by atoms with Crippen molar-refractivity contribution in [2.45, 2.75) is 13.0 Å². The molecule has 26 heavy (non-hydrogen) atoms. The number of anilines is 1. The third-order valence-electron chi connectivity index (χ3n) is 3.93. The molecule has 1 N–H and O–H groups in total. The van der Waals surface area contributed by atoms with Gasteiger partial charge < -0.3 is 9.64 Å². The number of carbonyl (C=O) groups is 2. The highest BCUT2D eigenvalue weighted by atomic mass is 16.5. The van der Waals surface area contributed by atoms with Crippen molar-refractivity contribution in [1.29, 1.82) is 0 Å². The van der Waals surface area contributed by atoms with Crippen molar-refractivity contribution in [1.82, 2.24) is 15.2 Å². The number of benzene rings is 2. The van der Waals surface area contributed by atoms with E-state index in [1.54, 1.807) is 38.2 Å². The average Bonchev–Trinajstić information content (AvgIpc) is 3.22. The minimum absolute atomic E-state index is 0.201. The van der Waals surface area contributed by atoms with Crippen LogP contribution in [0.2, 0.25) is 0 Å². The Morgan fingerprint density at radius 2 is 1.69 bits per heavy atom. The number of nitrogens with zero attached hydrogens (tertiary/aromatic N) is 3. The first kappa shape index (κ1) is 17.3. The molecule has 132 valence electrons. The third kappa shape index (κ3) is 3.61. The van der Waals surface area contributed by atoms with Crippen molar-refractivity contribution >= 4 is 17.6 Å². The second-order valence-electron chi connectivity index (χ2n) is 5.66. The third-order valence-corrected chi connectivity index (χ3v) is 3.93. The lowest BCUT2D eigenvalue weighted by atomic mass is 10.1. The predicted octanol–water partition coefficient (Wildman–Crippen LogP) is 3.00. The number of aromatic nitrogens is 3. The normalized spacial score (nSPS) is 11.6. The Balaban J connectivity index is 1.83. The van der Waals surface area contributed by atoms with E-state index >= 15 is 0 Å². The summed E-state index contributed by atoms with van der Waals surface area (Å²) < 4.78 is 5.41. The van der Waals surface area contributed by atoms with Crippen LogP contribution in [0.1, 0.15) is 39.6 Å². The zero-order valence-corrected chi connectivity index (χ0v) is 14.4. The van der Waals surface area contributed by atoms with Crippen molar-refractivity contribution in [2.75, 3.05) is 11.9 Å². The van der Waals surface area contributed by atoms with E-state index in [9.17, 15) is 9.59 Å². The highest BCUT2D eigenvalue weighted by Gasteiger charge is 2.23. The van der Waals surface area contributed by atoms with Crippen LogP contribution in [0.3, 0.4) is 0 Å². The number of H-pyrrole nitrogens is 1. The maximum Gasteiger partial charge on any atom is 0.339 e. The Morgan fingerprint density at radius 1 is 1.04 bits per heavy atom. The number of hydrogen-bond acceptors (Lipinski definition) is 5. The first-order valence-electron chi connectivity index (χ1n) is 8.06. The molecule has 3 aromatic rings. The van der Waals surface area contributed by atoms with Crippen molar-refractivity contribution in [3.05, 3.63) is 77.9 Å². The summed E-state index contributed by atoms with van der Waals surface area (Å²) in [5.74, 6) is -0.459. The van der Waals surface area contributed by atoms with Gasteiger partial charge in [0.25, 0.3) is 5.91 Å². The highest BCUT2D eigenvalue weighted by Crippen LogP contribution is 2.20. The zero-order valence-electron chi connectivity index (χ0n) is 14.4. The van der Waals surface area contributed by atoms with Gasteiger partial charge >= 0.3 is 5.97 Å². The fourth-order valence-corrected chi connectivity index (χ4v) is 2.49. The molecule has 0 saturated carbocycles. The summed E-state index contributed by atoms with van der Waals surface area (Å²) in [5.41, 5.74) is 1.20. The van der Waals surface area contributed by atoms with Crippen LogP contribution >= 0.6 is 0 Å². The second kappa shape index (κ2) is 7.60. The summed E-state index contributed by atoms with van der Waals surface area (Å²) in [6, 6.07) is 15.8. The summed E-state index contributed by atoms with van der Waals surface area (Å²) in [6.07, 6.45) is 0.728. The maximum atomic E-state index is 12.9. The second-order valence-corrected chi connectivity index (χ2v) is 5.66. The van der Waals surface area contributed by atoms with Crippen molar-refractivity contribution in [2.24, 2.45) is 0 Å². The molecule has 1 aromatic heterocycles. The molecule has 1 heterocycles. The van der Waals surface area contributed by atoms with Gasteiger partial charge in [-0.05, 0) is 31.2 Å². The monoisotopic (exact) mass is 350 g/mol. The first-order valence-corrected chi connectivity index (χ1v) is 8.06. The van der Waals surface area contributed by atoms with Gasteiger partial charge in [0.05, 0.1) is 11.1 Å². The van der Waals surface area contributed by atoms with E-state index in [0.29, 0.717) is 5.82 Å².